The molecule has 0 spiro atoms. The summed E-state index contributed by atoms with van der Waals surface area (Å²) in [5.41, 5.74) is 2.45. The van der Waals surface area contributed by atoms with E-state index in [0.29, 0.717) is 17.4 Å². The molecule has 4 nitrogen and oxygen atoms in total. The number of nitrogens with zero attached hydrogens (tertiary/aromatic N) is 3. The van der Waals surface area contributed by atoms with Gasteiger partial charge in [0.1, 0.15) is 0 Å². The van der Waals surface area contributed by atoms with Gasteiger partial charge in [0.2, 0.25) is 11.7 Å². The lowest BCUT2D eigenvalue weighted by Crippen LogP contribution is -1.91. The summed E-state index contributed by atoms with van der Waals surface area (Å²) in [6.45, 7) is 12.7. The summed E-state index contributed by atoms with van der Waals surface area (Å²) in [5, 5.41) is 3.92. The summed E-state index contributed by atoms with van der Waals surface area (Å²) in [4.78, 5) is 7.76. The first-order chi connectivity index (χ1) is 8.76. The van der Waals surface area contributed by atoms with Crippen LogP contribution in [-0.4, -0.2) is 10.1 Å². The lowest BCUT2D eigenvalue weighted by molar-refractivity contribution is 0.394. The Balaban J connectivity index is 2.52. The third kappa shape index (κ3) is 2.30. The van der Waals surface area contributed by atoms with Crippen molar-refractivity contribution in [3.05, 3.63) is 53.7 Å². The Morgan fingerprint density at radius 2 is 2.33 bits per heavy atom. The van der Waals surface area contributed by atoms with Gasteiger partial charge in [-0.05, 0) is 18.4 Å². The molecule has 0 aliphatic rings. The number of hydrogen-bond acceptors (Lipinski definition) is 3. The van der Waals surface area contributed by atoms with Gasteiger partial charge >= 0.3 is 0 Å². The minimum atomic E-state index is 0.521. The van der Waals surface area contributed by atoms with E-state index < -0.39 is 0 Å². The van der Waals surface area contributed by atoms with E-state index in [0.717, 1.165) is 24.0 Å². The molecule has 0 aliphatic heterocycles. The van der Waals surface area contributed by atoms with E-state index in [1.54, 1.807) is 6.92 Å². The number of benzene rings is 1. The zero-order chi connectivity index (χ0) is 13.0. The minimum Gasteiger partial charge on any atom is -0.339 e. The minimum absolute atomic E-state index is 0.521. The zero-order valence-corrected chi connectivity index (χ0v) is 10.2. The first kappa shape index (κ1) is 12.1. The van der Waals surface area contributed by atoms with Crippen molar-refractivity contribution in [1.29, 1.82) is 0 Å². The van der Waals surface area contributed by atoms with Crippen molar-refractivity contribution in [2.24, 2.45) is 0 Å². The molecule has 0 atom stereocenters. The normalized spacial score (nSPS) is 10.0. The summed E-state index contributed by atoms with van der Waals surface area (Å²) in [6, 6.07) is 5.56. The highest BCUT2D eigenvalue weighted by atomic mass is 16.5. The van der Waals surface area contributed by atoms with Crippen LogP contribution in [0.5, 0.6) is 0 Å². The maximum absolute atomic E-state index is 7.22. The molecule has 1 heterocycles. The molecule has 18 heavy (non-hydrogen) atoms. The third-order valence-corrected chi connectivity index (χ3v) is 2.64. The largest absolute Gasteiger partial charge is 0.339 e. The first-order valence-corrected chi connectivity index (χ1v) is 5.67. The van der Waals surface area contributed by atoms with Gasteiger partial charge in [-0.15, -0.1) is 6.58 Å². The molecule has 0 bridgehead atoms. The molecule has 0 radical (unpaired) electrons. The Morgan fingerprint density at radius 1 is 1.50 bits per heavy atom. The average molecular weight is 239 g/mol. The molecule has 0 fully saturated rings. The van der Waals surface area contributed by atoms with Crippen LogP contribution in [0, 0.1) is 13.5 Å². The number of hydrogen-bond donors (Lipinski definition) is 0. The van der Waals surface area contributed by atoms with Gasteiger partial charge in [0, 0.05) is 12.5 Å². The maximum atomic E-state index is 7.22. The summed E-state index contributed by atoms with van der Waals surface area (Å²) >= 11 is 0. The van der Waals surface area contributed by atoms with Crippen LogP contribution in [0.2, 0.25) is 0 Å². The molecular weight excluding hydrogens is 226 g/mol. The van der Waals surface area contributed by atoms with Crippen LogP contribution in [0.4, 0.5) is 5.69 Å². The number of allylic oxidation sites excluding steroid dienone is 1. The van der Waals surface area contributed by atoms with Gasteiger partial charge in [0.25, 0.3) is 0 Å². The van der Waals surface area contributed by atoms with Crippen LogP contribution in [0.3, 0.4) is 0 Å². The molecule has 1 aromatic carbocycles. The lowest BCUT2D eigenvalue weighted by atomic mass is 10.0. The van der Waals surface area contributed by atoms with Crippen LogP contribution < -0.4 is 0 Å². The van der Waals surface area contributed by atoms with Gasteiger partial charge in [0.15, 0.2) is 5.69 Å². The molecule has 90 valence electrons. The summed E-state index contributed by atoms with van der Waals surface area (Å²) < 4.78 is 4.99. The Bertz CT molecular complexity index is 608. The fraction of sp³-hybridized carbons (Fsp3) is 0.214. The molecule has 0 saturated heterocycles. The molecule has 0 N–H and O–H groups in total. The van der Waals surface area contributed by atoms with Crippen LogP contribution in [0.15, 0.2) is 35.4 Å². The van der Waals surface area contributed by atoms with Crippen molar-refractivity contribution in [3.8, 4) is 11.4 Å². The molecule has 0 saturated carbocycles. The molecular formula is C14H13N3O. The van der Waals surface area contributed by atoms with Crippen LogP contribution in [0.1, 0.15) is 17.9 Å². The molecule has 0 unspecified atom stereocenters. The Labute approximate surface area is 106 Å². The summed E-state index contributed by atoms with van der Waals surface area (Å²) in [7, 11) is 0. The Hall–Kier alpha value is -2.41. The van der Waals surface area contributed by atoms with E-state index in [2.05, 4.69) is 21.6 Å². The third-order valence-electron chi connectivity index (χ3n) is 2.64. The van der Waals surface area contributed by atoms with Crippen molar-refractivity contribution in [1.82, 2.24) is 10.1 Å². The highest BCUT2D eigenvalue weighted by Gasteiger charge is 2.13. The molecule has 0 amide bonds. The van der Waals surface area contributed by atoms with Gasteiger partial charge < -0.3 is 4.52 Å². The second-order valence-corrected chi connectivity index (χ2v) is 3.88. The topological polar surface area (TPSA) is 43.3 Å². The Kier molecular flexibility index (Phi) is 3.54. The molecule has 2 rings (SSSR count). The van der Waals surface area contributed by atoms with Crippen molar-refractivity contribution >= 4 is 5.69 Å². The zero-order valence-electron chi connectivity index (χ0n) is 10.2. The van der Waals surface area contributed by atoms with Crippen molar-refractivity contribution < 1.29 is 4.52 Å². The predicted octanol–water partition coefficient (Wildman–Crippen LogP) is 3.71. The SMILES string of the molecule is [C-]#[N+]c1cccc(-c2noc(C)n2)c1CCC=C. The Morgan fingerprint density at radius 3 is 2.94 bits per heavy atom. The number of aromatic nitrogens is 2. The monoisotopic (exact) mass is 239 g/mol. The lowest BCUT2D eigenvalue weighted by Gasteiger charge is -2.07. The average Bonchev–Trinajstić information content (AvgIpc) is 2.82. The highest BCUT2D eigenvalue weighted by molar-refractivity contribution is 5.70. The standard InChI is InChI=1S/C14H13N3O/c1-4-5-7-11-12(8-6-9-13(11)15-3)14-16-10(2)18-17-14/h4,6,8-9H,1,5,7H2,2H3. The fourth-order valence-corrected chi connectivity index (χ4v) is 1.81. The van der Waals surface area contributed by atoms with Gasteiger partial charge in [-0.25, -0.2) is 4.85 Å². The predicted molar refractivity (Wildman–Crippen MR) is 69.3 cm³/mol. The quantitative estimate of drug-likeness (QED) is 0.603. The second kappa shape index (κ2) is 5.28. The van der Waals surface area contributed by atoms with Crippen LogP contribution >= 0.6 is 0 Å². The van der Waals surface area contributed by atoms with Crippen molar-refractivity contribution in [2.75, 3.05) is 0 Å². The van der Waals surface area contributed by atoms with E-state index >= 15 is 0 Å². The first-order valence-electron chi connectivity index (χ1n) is 5.67. The highest BCUT2D eigenvalue weighted by Crippen LogP contribution is 2.30. The van der Waals surface area contributed by atoms with Crippen molar-refractivity contribution in [3.63, 3.8) is 0 Å². The number of rotatable bonds is 4. The van der Waals surface area contributed by atoms with E-state index in [9.17, 15) is 0 Å². The van der Waals surface area contributed by atoms with Crippen LogP contribution in [0.25, 0.3) is 16.2 Å². The second-order valence-electron chi connectivity index (χ2n) is 3.88. The van der Waals surface area contributed by atoms with E-state index in [-0.39, 0.29) is 0 Å². The summed E-state index contributed by atoms with van der Waals surface area (Å²) in [5.74, 6) is 1.06. The molecule has 0 aliphatic carbocycles. The maximum Gasteiger partial charge on any atom is 0.223 e. The van der Waals surface area contributed by atoms with Crippen molar-refractivity contribution in [2.45, 2.75) is 19.8 Å². The van der Waals surface area contributed by atoms with E-state index in [1.165, 1.54) is 0 Å². The van der Waals surface area contributed by atoms with Gasteiger partial charge in [-0.2, -0.15) is 4.98 Å². The van der Waals surface area contributed by atoms with Gasteiger partial charge in [-0.1, -0.05) is 29.4 Å². The van der Waals surface area contributed by atoms with Crippen LogP contribution in [-0.2, 0) is 6.42 Å². The number of aryl methyl sites for hydroxylation is 1. The molecule has 2 aromatic rings. The molecule has 1 aromatic heterocycles. The van der Waals surface area contributed by atoms with Gasteiger partial charge in [-0.3, -0.25) is 0 Å². The molecule has 4 heteroatoms. The smallest absolute Gasteiger partial charge is 0.223 e. The van der Waals surface area contributed by atoms with E-state index in [1.807, 2.05) is 24.3 Å². The van der Waals surface area contributed by atoms with E-state index in [4.69, 9.17) is 11.1 Å². The van der Waals surface area contributed by atoms with Gasteiger partial charge in [0.05, 0.1) is 6.57 Å². The fourth-order valence-electron chi connectivity index (χ4n) is 1.81. The summed E-state index contributed by atoms with van der Waals surface area (Å²) in [6.07, 6.45) is 3.41.